The fourth-order valence-corrected chi connectivity index (χ4v) is 5.24. The van der Waals surface area contributed by atoms with Gasteiger partial charge >= 0.3 is 0 Å². The predicted octanol–water partition coefficient (Wildman–Crippen LogP) is 2.07. The monoisotopic (exact) mass is 428 g/mol. The molecule has 0 amide bonds. The van der Waals surface area contributed by atoms with Crippen LogP contribution in [-0.4, -0.2) is 56.7 Å². The number of sulfonamides is 1. The van der Waals surface area contributed by atoms with E-state index in [0.717, 1.165) is 5.56 Å². The maximum Gasteiger partial charge on any atom is 0.247 e. The van der Waals surface area contributed by atoms with E-state index in [1.807, 2.05) is 44.3 Å². The van der Waals surface area contributed by atoms with Crippen LogP contribution in [0.1, 0.15) is 25.0 Å². The average Bonchev–Trinajstić information content (AvgIpc) is 2.75. The highest BCUT2D eigenvalue weighted by Crippen LogP contribution is 2.33. The van der Waals surface area contributed by atoms with Gasteiger partial charge in [-0.1, -0.05) is 37.0 Å². The lowest BCUT2D eigenvalue weighted by molar-refractivity contribution is 0.103. The number of aliphatic hydroxyl groups is 1. The zero-order valence-electron chi connectivity index (χ0n) is 17.5. The second-order valence-corrected chi connectivity index (χ2v) is 9.43. The van der Waals surface area contributed by atoms with Crippen molar-refractivity contribution in [3.8, 4) is 17.6 Å². The lowest BCUT2D eigenvalue weighted by Crippen LogP contribution is -2.49. The van der Waals surface area contributed by atoms with Gasteiger partial charge in [-0.15, -0.1) is 0 Å². The van der Waals surface area contributed by atoms with E-state index in [4.69, 9.17) is 4.74 Å². The van der Waals surface area contributed by atoms with Gasteiger partial charge in [0.1, 0.15) is 16.7 Å². The Hall–Kier alpha value is -2.37. The van der Waals surface area contributed by atoms with Crippen molar-refractivity contribution in [1.29, 1.82) is 0 Å². The molecule has 2 N–H and O–H groups in total. The molecule has 0 unspecified atom stereocenters. The van der Waals surface area contributed by atoms with Gasteiger partial charge < -0.3 is 15.2 Å². The largest absolute Gasteiger partial charge is 0.487 e. The van der Waals surface area contributed by atoms with Crippen LogP contribution >= 0.6 is 0 Å². The van der Waals surface area contributed by atoms with E-state index in [2.05, 4.69) is 17.2 Å². The molecule has 0 fully saturated rings. The smallest absolute Gasteiger partial charge is 0.247 e. The molecule has 1 heterocycles. The Bertz CT molecular complexity index is 1030. The molecule has 1 aliphatic heterocycles. The number of hydrogen-bond acceptors (Lipinski definition) is 5. The number of benzene rings is 2. The van der Waals surface area contributed by atoms with Crippen LogP contribution in [0.2, 0.25) is 0 Å². The van der Waals surface area contributed by atoms with E-state index in [-0.39, 0.29) is 35.8 Å². The molecule has 0 bridgehead atoms. The third-order valence-electron chi connectivity index (χ3n) is 5.20. The van der Waals surface area contributed by atoms with Gasteiger partial charge in [-0.05, 0) is 44.3 Å². The van der Waals surface area contributed by atoms with Gasteiger partial charge in [-0.25, -0.2) is 8.42 Å². The van der Waals surface area contributed by atoms with E-state index >= 15 is 0 Å². The fourth-order valence-electron chi connectivity index (χ4n) is 3.41. The normalized spacial score (nSPS) is 21.9. The minimum Gasteiger partial charge on any atom is -0.487 e. The van der Waals surface area contributed by atoms with Gasteiger partial charge in [0.15, 0.2) is 0 Å². The van der Waals surface area contributed by atoms with E-state index in [0.29, 0.717) is 12.1 Å². The quantitative estimate of drug-likeness (QED) is 0.729. The first-order valence-electron chi connectivity index (χ1n) is 10.0. The number of rotatable bonds is 4. The maximum absolute atomic E-state index is 13.4. The zero-order chi connectivity index (χ0) is 21.7. The van der Waals surface area contributed by atoms with Crippen LogP contribution in [0.25, 0.3) is 0 Å². The van der Waals surface area contributed by atoms with Gasteiger partial charge in [0, 0.05) is 36.2 Å². The second kappa shape index (κ2) is 9.63. The summed E-state index contributed by atoms with van der Waals surface area (Å²) in [7, 11) is -1.99. The number of nitrogens with one attached hydrogen (secondary N) is 1. The number of likely N-dealkylation sites (N-methyl/N-ethyl adjacent to an activating group) is 1. The van der Waals surface area contributed by atoms with Crippen LogP contribution in [0, 0.1) is 17.8 Å². The molecule has 3 rings (SSSR count). The molecule has 0 saturated carbocycles. The topological polar surface area (TPSA) is 78.9 Å². The molecule has 7 heteroatoms. The van der Waals surface area contributed by atoms with E-state index in [1.54, 1.807) is 25.1 Å². The second-order valence-electron chi connectivity index (χ2n) is 7.58. The first kappa shape index (κ1) is 22.3. The maximum atomic E-state index is 13.4. The van der Waals surface area contributed by atoms with Crippen molar-refractivity contribution in [1.82, 2.24) is 9.62 Å². The third-order valence-corrected chi connectivity index (χ3v) is 7.22. The number of hydrogen-bond donors (Lipinski definition) is 2. The Balaban J connectivity index is 2.07. The van der Waals surface area contributed by atoms with Gasteiger partial charge in [0.05, 0.1) is 6.61 Å². The molecule has 3 atom stereocenters. The lowest BCUT2D eigenvalue weighted by atomic mass is 10.0. The van der Waals surface area contributed by atoms with Crippen LogP contribution < -0.4 is 10.1 Å². The first-order valence-corrected chi connectivity index (χ1v) is 11.5. The van der Waals surface area contributed by atoms with Crippen molar-refractivity contribution < 1.29 is 18.3 Å². The minimum absolute atomic E-state index is 0.0755. The summed E-state index contributed by atoms with van der Waals surface area (Å²) in [5.41, 5.74) is 1.55. The predicted molar refractivity (Wildman–Crippen MR) is 117 cm³/mol. The number of aliphatic hydroxyl groups excluding tert-OH is 1. The Morgan fingerprint density at radius 3 is 2.57 bits per heavy atom. The molecule has 0 aliphatic carbocycles. The molecule has 0 aromatic heterocycles. The molecule has 0 radical (unpaired) electrons. The van der Waals surface area contributed by atoms with Crippen molar-refractivity contribution in [3.05, 3.63) is 59.7 Å². The SMILES string of the molecule is CNC[C@H]1Oc2cc(C#Cc3ccccc3)ccc2S(=O)(=O)N([C@H](C)CO)C[C@@H]1C. The average molecular weight is 429 g/mol. The van der Waals surface area contributed by atoms with Gasteiger partial charge in [0.2, 0.25) is 10.0 Å². The highest BCUT2D eigenvalue weighted by Gasteiger charge is 2.37. The molecule has 160 valence electrons. The Kier molecular flexibility index (Phi) is 7.16. The molecule has 2 aromatic rings. The molecule has 6 nitrogen and oxygen atoms in total. The summed E-state index contributed by atoms with van der Waals surface area (Å²) in [5.74, 6) is 6.38. The van der Waals surface area contributed by atoms with Crippen LogP contribution in [0.3, 0.4) is 0 Å². The minimum atomic E-state index is -3.83. The van der Waals surface area contributed by atoms with Crippen molar-refractivity contribution in [2.24, 2.45) is 5.92 Å². The molecular weight excluding hydrogens is 400 g/mol. The van der Waals surface area contributed by atoms with Gasteiger partial charge in [-0.2, -0.15) is 4.31 Å². The van der Waals surface area contributed by atoms with Gasteiger partial charge in [-0.3, -0.25) is 0 Å². The van der Waals surface area contributed by atoms with Crippen molar-refractivity contribution in [3.63, 3.8) is 0 Å². The number of nitrogens with zero attached hydrogens (tertiary/aromatic N) is 1. The lowest BCUT2D eigenvalue weighted by Gasteiger charge is -2.36. The van der Waals surface area contributed by atoms with Crippen LogP contribution in [0.5, 0.6) is 5.75 Å². The standard InChI is InChI=1S/C23H28N2O4S/c1-17-15-25(18(2)16-26)30(27,28)23-12-11-20(10-9-19-7-5-4-6-8-19)13-21(23)29-22(17)14-24-3/h4-8,11-13,17-18,22,24,26H,14-16H2,1-3H3/t17-,18+,22+/m0/s1. The summed E-state index contributed by atoms with van der Waals surface area (Å²) >= 11 is 0. The third kappa shape index (κ3) is 4.85. The molecule has 0 spiro atoms. The van der Waals surface area contributed by atoms with Crippen LogP contribution in [0.15, 0.2) is 53.4 Å². The highest BCUT2D eigenvalue weighted by atomic mass is 32.2. The summed E-state index contributed by atoms with van der Waals surface area (Å²) < 4.78 is 34.3. The summed E-state index contributed by atoms with van der Waals surface area (Å²) in [6.45, 7) is 4.25. The fraction of sp³-hybridized carbons (Fsp3) is 0.391. The van der Waals surface area contributed by atoms with Crippen LogP contribution in [-0.2, 0) is 10.0 Å². The number of ether oxygens (including phenoxy) is 1. The summed E-state index contributed by atoms with van der Waals surface area (Å²) in [6.07, 6.45) is -0.227. The van der Waals surface area contributed by atoms with E-state index < -0.39 is 16.1 Å². The Morgan fingerprint density at radius 2 is 1.90 bits per heavy atom. The molecule has 2 aromatic carbocycles. The summed E-state index contributed by atoms with van der Waals surface area (Å²) in [4.78, 5) is 0.0982. The molecule has 0 saturated heterocycles. The van der Waals surface area contributed by atoms with Crippen LogP contribution in [0.4, 0.5) is 0 Å². The zero-order valence-corrected chi connectivity index (χ0v) is 18.3. The molecule has 1 aliphatic rings. The van der Waals surface area contributed by atoms with Crippen molar-refractivity contribution >= 4 is 10.0 Å². The molecular formula is C23H28N2O4S. The Labute approximate surface area is 178 Å². The summed E-state index contributed by atoms with van der Waals surface area (Å²) in [6, 6.07) is 14.0. The van der Waals surface area contributed by atoms with Crippen molar-refractivity contribution in [2.45, 2.75) is 30.9 Å². The summed E-state index contributed by atoms with van der Waals surface area (Å²) in [5, 5.41) is 12.8. The first-order chi connectivity index (χ1) is 14.4. The highest BCUT2D eigenvalue weighted by molar-refractivity contribution is 7.89. The number of fused-ring (bicyclic) bond motifs is 1. The van der Waals surface area contributed by atoms with Crippen molar-refractivity contribution in [2.75, 3.05) is 26.7 Å². The molecule has 30 heavy (non-hydrogen) atoms. The van der Waals surface area contributed by atoms with Gasteiger partial charge in [0.25, 0.3) is 0 Å². The Morgan fingerprint density at radius 1 is 1.20 bits per heavy atom. The van der Waals surface area contributed by atoms with E-state index in [1.165, 1.54) is 4.31 Å². The van der Waals surface area contributed by atoms with E-state index in [9.17, 15) is 13.5 Å².